The second-order valence-electron chi connectivity index (χ2n) is 9.13. The summed E-state index contributed by atoms with van der Waals surface area (Å²) in [6.07, 6.45) is 10.1. The molecule has 0 spiro atoms. The maximum absolute atomic E-state index is 8.69. The number of aryl methyl sites for hydroxylation is 4. The van der Waals surface area contributed by atoms with Crippen LogP contribution in [0.1, 0.15) is 89.6 Å². The molecule has 4 rings (SSSR count). The molecule has 0 amide bonds. The van der Waals surface area contributed by atoms with Gasteiger partial charge in [-0.1, -0.05) is 60.6 Å². The molecule has 4 aromatic rings. The predicted octanol–water partition coefficient (Wildman–Crippen LogP) is 8.08. The Morgan fingerprint density at radius 1 is 0.857 bits per heavy atom. The molecule has 8 nitrogen and oxygen atoms in total. The number of benzene rings is 1. The highest BCUT2D eigenvalue weighted by Gasteiger charge is 2.18. The number of hydrogen-bond acceptors (Lipinski definition) is 7. The van der Waals surface area contributed by atoms with E-state index in [1.807, 2.05) is 97.6 Å². The van der Waals surface area contributed by atoms with Crippen LogP contribution in [0, 0.1) is 33.6 Å². The Morgan fingerprint density at radius 3 is 2.07 bits per heavy atom. The first-order valence-electron chi connectivity index (χ1n) is 15.2. The highest BCUT2D eigenvalue weighted by molar-refractivity contribution is 5.63. The molecule has 3 aromatic heterocycles. The molecule has 0 aliphatic carbocycles. The fourth-order valence-electron chi connectivity index (χ4n) is 3.96. The van der Waals surface area contributed by atoms with Crippen molar-refractivity contribution in [2.75, 3.05) is 13.7 Å². The fourth-order valence-corrected chi connectivity index (χ4v) is 3.96. The normalized spacial score (nSPS) is 10.3. The Morgan fingerprint density at radius 2 is 1.50 bits per heavy atom. The van der Waals surface area contributed by atoms with Gasteiger partial charge in [-0.15, -0.1) is 10.2 Å². The lowest BCUT2D eigenvalue weighted by molar-refractivity contribution is 0.273. The van der Waals surface area contributed by atoms with E-state index >= 15 is 0 Å². The van der Waals surface area contributed by atoms with E-state index < -0.39 is 0 Å². The molecular formula is C34H54N6O2. The summed E-state index contributed by atoms with van der Waals surface area (Å²) in [4.78, 5) is 12.8. The molecule has 0 bridgehead atoms. The van der Waals surface area contributed by atoms with E-state index in [4.69, 9.17) is 9.84 Å². The standard InChI is InChI=1S/C17H18N4O.C11H18N2O.3C2H6/c1-11-8-14(10-18-9-11)17-20-19-13(3)21(17)16-12(2)6-5-7-15(16)22-4;1-9(4-3-5-14)6-11-12-7-10(2)8-13-11;3*1-2/h5-10H,1-4H3;7-9,14H,3-6H2,1-2H3;3*1-2H3/t;9-;;;/m.0.../s1. The van der Waals surface area contributed by atoms with Gasteiger partial charge < -0.3 is 9.84 Å². The summed E-state index contributed by atoms with van der Waals surface area (Å²) in [5, 5.41) is 17.3. The third-order valence-electron chi connectivity index (χ3n) is 5.82. The van der Waals surface area contributed by atoms with Crippen LogP contribution in [0.4, 0.5) is 0 Å². The lowest BCUT2D eigenvalue weighted by Crippen LogP contribution is -2.05. The molecule has 0 aliphatic heterocycles. The van der Waals surface area contributed by atoms with E-state index in [1.165, 1.54) is 0 Å². The monoisotopic (exact) mass is 578 g/mol. The fraction of sp³-hybridized carbons (Fsp3) is 0.500. The number of pyridine rings is 1. The first kappa shape index (κ1) is 38.4. The molecule has 0 fully saturated rings. The average Bonchev–Trinajstić information content (AvgIpc) is 3.41. The number of para-hydroxylation sites is 1. The Kier molecular flexibility index (Phi) is 20.1. The molecule has 0 saturated heterocycles. The van der Waals surface area contributed by atoms with Gasteiger partial charge >= 0.3 is 0 Å². The number of hydrogen-bond donors (Lipinski definition) is 1. The molecular weight excluding hydrogens is 524 g/mol. The van der Waals surface area contributed by atoms with Crippen LogP contribution in [-0.2, 0) is 6.42 Å². The first-order valence-corrected chi connectivity index (χ1v) is 15.2. The van der Waals surface area contributed by atoms with Gasteiger partial charge in [0.1, 0.15) is 17.4 Å². The molecule has 1 atom stereocenters. The average molecular weight is 579 g/mol. The van der Waals surface area contributed by atoms with E-state index in [0.29, 0.717) is 5.92 Å². The zero-order valence-electron chi connectivity index (χ0n) is 28.1. The number of nitrogens with zero attached hydrogens (tertiary/aromatic N) is 6. The van der Waals surface area contributed by atoms with Gasteiger partial charge in [-0.05, 0) is 75.3 Å². The zero-order chi connectivity index (χ0) is 32.1. The van der Waals surface area contributed by atoms with Gasteiger partial charge in [0.05, 0.1) is 12.8 Å². The quantitative estimate of drug-likeness (QED) is 0.226. The molecule has 0 saturated carbocycles. The smallest absolute Gasteiger partial charge is 0.170 e. The molecule has 0 unspecified atom stereocenters. The highest BCUT2D eigenvalue weighted by Crippen LogP contribution is 2.31. The minimum atomic E-state index is 0.277. The van der Waals surface area contributed by atoms with Crippen molar-refractivity contribution in [1.82, 2.24) is 29.7 Å². The largest absolute Gasteiger partial charge is 0.495 e. The highest BCUT2D eigenvalue weighted by atomic mass is 16.5. The van der Waals surface area contributed by atoms with Crippen molar-refractivity contribution in [3.05, 3.63) is 77.4 Å². The summed E-state index contributed by atoms with van der Waals surface area (Å²) in [7, 11) is 1.67. The SMILES string of the molecule is CC.CC.CC.COc1cccc(C)c1-n1c(C)nnc1-c1cncc(C)c1.Cc1cnc(C[C@@H](C)CCCO)nc1. The topological polar surface area (TPSA) is 98.8 Å². The molecule has 42 heavy (non-hydrogen) atoms. The maximum Gasteiger partial charge on any atom is 0.170 e. The van der Waals surface area contributed by atoms with E-state index in [-0.39, 0.29) is 6.61 Å². The van der Waals surface area contributed by atoms with E-state index in [2.05, 4.69) is 51.1 Å². The van der Waals surface area contributed by atoms with Crippen molar-refractivity contribution >= 4 is 0 Å². The van der Waals surface area contributed by atoms with Crippen molar-refractivity contribution in [3.63, 3.8) is 0 Å². The van der Waals surface area contributed by atoms with Gasteiger partial charge in [0.2, 0.25) is 0 Å². The molecule has 3 heterocycles. The van der Waals surface area contributed by atoms with E-state index in [9.17, 15) is 0 Å². The number of aliphatic hydroxyl groups excluding tert-OH is 1. The van der Waals surface area contributed by atoms with Crippen LogP contribution < -0.4 is 4.74 Å². The molecule has 0 radical (unpaired) electrons. The van der Waals surface area contributed by atoms with E-state index in [1.54, 1.807) is 13.3 Å². The summed E-state index contributed by atoms with van der Waals surface area (Å²) in [6.45, 7) is 22.4. The minimum absolute atomic E-state index is 0.277. The summed E-state index contributed by atoms with van der Waals surface area (Å²) >= 11 is 0. The van der Waals surface area contributed by atoms with Crippen molar-refractivity contribution in [2.24, 2.45) is 5.92 Å². The van der Waals surface area contributed by atoms with Crippen molar-refractivity contribution < 1.29 is 9.84 Å². The summed E-state index contributed by atoms with van der Waals surface area (Å²) in [6, 6.07) is 8.03. The molecule has 232 valence electrons. The van der Waals surface area contributed by atoms with Gasteiger partial charge in [-0.2, -0.15) is 0 Å². The molecule has 1 aromatic carbocycles. The Hall–Kier alpha value is -3.65. The predicted molar refractivity (Wildman–Crippen MR) is 175 cm³/mol. The number of methoxy groups -OCH3 is 1. The minimum Gasteiger partial charge on any atom is -0.495 e. The Bertz CT molecular complexity index is 1260. The van der Waals surface area contributed by atoms with Crippen LogP contribution in [-0.4, -0.2) is 48.5 Å². The van der Waals surface area contributed by atoms with Crippen LogP contribution in [0.15, 0.2) is 49.1 Å². The second-order valence-corrected chi connectivity index (χ2v) is 9.13. The van der Waals surface area contributed by atoms with Crippen LogP contribution in [0.2, 0.25) is 0 Å². The molecule has 0 aliphatic rings. The Labute approximate surface area is 254 Å². The van der Waals surface area contributed by atoms with Crippen molar-refractivity contribution in [1.29, 1.82) is 0 Å². The molecule has 8 heteroatoms. The third kappa shape index (κ3) is 12.1. The maximum atomic E-state index is 8.69. The lowest BCUT2D eigenvalue weighted by Gasteiger charge is -2.15. The second kappa shape index (κ2) is 22.0. The Balaban J connectivity index is 0.000000728. The first-order chi connectivity index (χ1) is 20.3. The van der Waals surface area contributed by atoms with Crippen LogP contribution in [0.5, 0.6) is 5.75 Å². The van der Waals surface area contributed by atoms with Gasteiger partial charge in [-0.3, -0.25) is 9.55 Å². The van der Waals surface area contributed by atoms with Crippen LogP contribution in [0.25, 0.3) is 17.1 Å². The number of aliphatic hydroxyl groups is 1. The summed E-state index contributed by atoms with van der Waals surface area (Å²) in [5.74, 6) is 3.82. The number of ether oxygens (including phenoxy) is 1. The number of rotatable bonds is 8. The zero-order valence-corrected chi connectivity index (χ0v) is 28.1. The van der Waals surface area contributed by atoms with Gasteiger partial charge in [0.25, 0.3) is 0 Å². The molecule has 1 N–H and O–H groups in total. The lowest BCUT2D eigenvalue weighted by atomic mass is 10.0. The third-order valence-corrected chi connectivity index (χ3v) is 5.82. The van der Waals surface area contributed by atoms with Crippen LogP contribution in [0.3, 0.4) is 0 Å². The van der Waals surface area contributed by atoms with Crippen molar-refractivity contribution in [2.45, 2.75) is 95.4 Å². The van der Waals surface area contributed by atoms with E-state index in [0.717, 1.165) is 70.4 Å². The van der Waals surface area contributed by atoms with Gasteiger partial charge in [-0.25, -0.2) is 9.97 Å². The number of aromatic nitrogens is 6. The van der Waals surface area contributed by atoms with Crippen LogP contribution >= 0.6 is 0 Å². The van der Waals surface area contributed by atoms with Crippen molar-refractivity contribution in [3.8, 4) is 22.8 Å². The summed E-state index contributed by atoms with van der Waals surface area (Å²) < 4.78 is 7.55. The van der Waals surface area contributed by atoms with Gasteiger partial charge in [0, 0.05) is 43.4 Å². The summed E-state index contributed by atoms with van der Waals surface area (Å²) in [5.41, 5.74) is 5.18. The van der Waals surface area contributed by atoms with Gasteiger partial charge in [0.15, 0.2) is 5.82 Å².